The van der Waals surface area contributed by atoms with Gasteiger partial charge in [0.25, 0.3) is 0 Å². The second-order valence-electron chi connectivity index (χ2n) is 4.58. The lowest BCUT2D eigenvalue weighted by molar-refractivity contribution is -0.548. The fraction of sp³-hybridized carbons (Fsp3) is 0.417. The van der Waals surface area contributed by atoms with E-state index in [1.54, 1.807) is 18.2 Å². The van der Waals surface area contributed by atoms with Crippen LogP contribution in [0.3, 0.4) is 0 Å². The molecule has 0 bridgehead atoms. The van der Waals surface area contributed by atoms with Gasteiger partial charge in [0, 0.05) is 11.3 Å². The van der Waals surface area contributed by atoms with Gasteiger partial charge in [-0.05, 0) is 5.56 Å². The lowest BCUT2D eigenvalue weighted by Crippen LogP contribution is -2.54. The van der Waals surface area contributed by atoms with Crippen molar-refractivity contribution in [1.82, 2.24) is 5.32 Å². The number of nitrogens with zero attached hydrogens (tertiary/aromatic N) is 1. The number of rotatable bonds is 2. The number of carbonyl (C=O) groups excluding carboxylic acids is 1. The van der Waals surface area contributed by atoms with E-state index in [0.29, 0.717) is 0 Å². The SMILES string of the molecule is O=C1C[C@H](C(F)(F)F)[C@H]([N+](=O)[O-])[C@H](c2ccccc2)N1. The van der Waals surface area contributed by atoms with Crippen LogP contribution in [-0.2, 0) is 4.79 Å². The van der Waals surface area contributed by atoms with Crippen molar-refractivity contribution in [2.45, 2.75) is 24.7 Å². The minimum Gasteiger partial charge on any atom is -0.343 e. The molecule has 108 valence electrons. The van der Waals surface area contributed by atoms with Gasteiger partial charge in [-0.15, -0.1) is 0 Å². The molecule has 0 aliphatic carbocycles. The molecule has 0 radical (unpaired) electrons. The fourth-order valence-electron chi connectivity index (χ4n) is 2.39. The Morgan fingerprint density at radius 1 is 1.25 bits per heavy atom. The van der Waals surface area contributed by atoms with Crippen molar-refractivity contribution < 1.29 is 22.9 Å². The summed E-state index contributed by atoms with van der Waals surface area (Å²) in [6, 6.07) is 4.46. The summed E-state index contributed by atoms with van der Waals surface area (Å²) in [5.41, 5.74) is 0.288. The average Bonchev–Trinajstić information content (AvgIpc) is 2.37. The normalized spacial score (nSPS) is 26.9. The minimum atomic E-state index is -4.79. The molecule has 0 aromatic heterocycles. The predicted molar refractivity (Wildman–Crippen MR) is 62.3 cm³/mol. The molecule has 0 saturated carbocycles. The van der Waals surface area contributed by atoms with E-state index in [0.717, 1.165) is 0 Å². The van der Waals surface area contributed by atoms with Gasteiger partial charge in [-0.3, -0.25) is 14.9 Å². The molecule has 1 aromatic carbocycles. The molecule has 2 rings (SSSR count). The first kappa shape index (κ1) is 14.3. The Morgan fingerprint density at radius 2 is 1.85 bits per heavy atom. The molecule has 1 aliphatic rings. The molecule has 0 spiro atoms. The second kappa shape index (κ2) is 5.10. The molecule has 5 nitrogen and oxygen atoms in total. The van der Waals surface area contributed by atoms with Crippen LogP contribution in [0.5, 0.6) is 0 Å². The van der Waals surface area contributed by atoms with Crippen molar-refractivity contribution in [3.8, 4) is 0 Å². The third kappa shape index (κ3) is 2.73. The van der Waals surface area contributed by atoms with Crippen molar-refractivity contribution >= 4 is 5.91 Å². The van der Waals surface area contributed by atoms with Crippen LogP contribution >= 0.6 is 0 Å². The van der Waals surface area contributed by atoms with Crippen molar-refractivity contribution in [2.75, 3.05) is 0 Å². The molecule has 1 saturated heterocycles. The number of hydrogen-bond acceptors (Lipinski definition) is 3. The van der Waals surface area contributed by atoms with Crippen LogP contribution in [0.4, 0.5) is 13.2 Å². The summed E-state index contributed by atoms with van der Waals surface area (Å²) in [5.74, 6) is -3.12. The Morgan fingerprint density at radius 3 is 2.35 bits per heavy atom. The molecule has 1 amide bonds. The summed E-state index contributed by atoms with van der Waals surface area (Å²) in [6.45, 7) is 0. The lowest BCUT2D eigenvalue weighted by Gasteiger charge is -2.33. The number of benzene rings is 1. The van der Waals surface area contributed by atoms with E-state index in [1.807, 2.05) is 0 Å². The second-order valence-corrected chi connectivity index (χ2v) is 4.58. The van der Waals surface area contributed by atoms with Crippen molar-refractivity contribution in [3.05, 3.63) is 46.0 Å². The van der Waals surface area contributed by atoms with Gasteiger partial charge in [0.15, 0.2) is 0 Å². The first-order valence-corrected chi connectivity index (χ1v) is 5.85. The molecule has 1 heterocycles. The number of nitro groups is 1. The van der Waals surface area contributed by atoms with E-state index in [1.165, 1.54) is 12.1 Å². The Hall–Kier alpha value is -2.12. The highest BCUT2D eigenvalue weighted by Crippen LogP contribution is 2.40. The van der Waals surface area contributed by atoms with E-state index in [-0.39, 0.29) is 5.56 Å². The van der Waals surface area contributed by atoms with Crippen molar-refractivity contribution in [1.29, 1.82) is 0 Å². The number of halogens is 3. The number of hydrogen-bond donors (Lipinski definition) is 1. The maximum Gasteiger partial charge on any atom is 0.398 e. The lowest BCUT2D eigenvalue weighted by atomic mass is 9.83. The smallest absolute Gasteiger partial charge is 0.343 e. The zero-order valence-corrected chi connectivity index (χ0v) is 10.1. The summed E-state index contributed by atoms with van der Waals surface area (Å²) in [4.78, 5) is 21.5. The largest absolute Gasteiger partial charge is 0.398 e. The highest BCUT2D eigenvalue weighted by atomic mass is 19.4. The van der Waals surface area contributed by atoms with Crippen molar-refractivity contribution in [3.63, 3.8) is 0 Å². The number of nitrogens with one attached hydrogen (secondary N) is 1. The van der Waals surface area contributed by atoms with E-state index in [2.05, 4.69) is 5.32 Å². The van der Waals surface area contributed by atoms with Gasteiger partial charge in [-0.25, -0.2) is 0 Å². The fourth-order valence-corrected chi connectivity index (χ4v) is 2.39. The van der Waals surface area contributed by atoms with Gasteiger partial charge < -0.3 is 5.32 Å². The zero-order chi connectivity index (χ0) is 14.9. The van der Waals surface area contributed by atoms with Crippen LogP contribution in [0.25, 0.3) is 0 Å². The van der Waals surface area contributed by atoms with Gasteiger partial charge in [-0.2, -0.15) is 13.2 Å². The third-order valence-electron chi connectivity index (χ3n) is 3.30. The van der Waals surface area contributed by atoms with Crippen LogP contribution in [0, 0.1) is 16.0 Å². The summed E-state index contributed by atoms with van der Waals surface area (Å²) >= 11 is 0. The molecule has 1 fully saturated rings. The monoisotopic (exact) mass is 288 g/mol. The van der Waals surface area contributed by atoms with Crippen LogP contribution in [0.2, 0.25) is 0 Å². The Labute approximate surface area is 111 Å². The third-order valence-corrected chi connectivity index (χ3v) is 3.30. The molecule has 1 N–H and O–H groups in total. The maximum atomic E-state index is 12.9. The molecule has 0 unspecified atom stereocenters. The van der Waals surface area contributed by atoms with E-state index in [4.69, 9.17) is 0 Å². The Balaban J connectivity index is 2.43. The molecule has 1 aromatic rings. The maximum absolute atomic E-state index is 12.9. The number of carbonyl (C=O) groups is 1. The summed E-state index contributed by atoms with van der Waals surface area (Å²) < 4.78 is 38.8. The van der Waals surface area contributed by atoms with Crippen LogP contribution < -0.4 is 5.32 Å². The standard InChI is InChI=1S/C12H11F3N2O3/c13-12(14,15)8-6-9(18)16-10(11(8)17(19)20)7-4-2-1-3-5-7/h1-5,8,10-11H,6H2,(H,16,18)/t8-,10-,11-/m0/s1. The number of alkyl halides is 3. The van der Waals surface area contributed by atoms with Crippen molar-refractivity contribution in [2.24, 2.45) is 5.92 Å². The van der Waals surface area contributed by atoms with E-state index < -0.39 is 41.4 Å². The highest BCUT2D eigenvalue weighted by Gasteiger charge is 2.57. The Bertz CT molecular complexity index is 518. The number of piperidine rings is 1. The van der Waals surface area contributed by atoms with Gasteiger partial charge >= 0.3 is 6.18 Å². The topological polar surface area (TPSA) is 72.2 Å². The predicted octanol–water partition coefficient (Wildman–Crippen LogP) is 2.07. The first-order valence-electron chi connectivity index (χ1n) is 5.85. The summed E-state index contributed by atoms with van der Waals surface area (Å²) in [5, 5.41) is 13.3. The molecule has 3 atom stereocenters. The molecule has 1 aliphatic heterocycles. The average molecular weight is 288 g/mol. The van der Waals surface area contributed by atoms with Crippen LogP contribution in [0.15, 0.2) is 30.3 Å². The van der Waals surface area contributed by atoms with Gasteiger partial charge in [0.2, 0.25) is 11.9 Å². The van der Waals surface area contributed by atoms with Crippen LogP contribution in [0.1, 0.15) is 18.0 Å². The summed E-state index contributed by atoms with van der Waals surface area (Å²) in [6.07, 6.45) is -5.71. The molecule has 20 heavy (non-hydrogen) atoms. The quantitative estimate of drug-likeness (QED) is 0.669. The van der Waals surface area contributed by atoms with Crippen LogP contribution in [-0.4, -0.2) is 23.0 Å². The van der Waals surface area contributed by atoms with Gasteiger partial charge in [0.05, 0.1) is 0 Å². The zero-order valence-electron chi connectivity index (χ0n) is 10.1. The van der Waals surface area contributed by atoms with Gasteiger partial charge in [0.1, 0.15) is 12.0 Å². The first-order chi connectivity index (χ1) is 9.30. The van der Waals surface area contributed by atoms with E-state index >= 15 is 0 Å². The van der Waals surface area contributed by atoms with Gasteiger partial charge in [-0.1, -0.05) is 30.3 Å². The molecule has 8 heteroatoms. The molecular weight excluding hydrogens is 277 g/mol. The number of amides is 1. The highest BCUT2D eigenvalue weighted by molar-refractivity contribution is 5.78. The Kier molecular flexibility index (Phi) is 3.65. The van der Waals surface area contributed by atoms with E-state index in [9.17, 15) is 28.1 Å². The molecular formula is C12H11F3N2O3. The summed E-state index contributed by atoms with van der Waals surface area (Å²) in [7, 11) is 0. The minimum absolute atomic E-state index is 0.288.